The van der Waals surface area contributed by atoms with Crippen LogP contribution in [-0.2, 0) is 17.5 Å². The summed E-state index contributed by atoms with van der Waals surface area (Å²) in [6, 6.07) is 10.3. The van der Waals surface area contributed by atoms with Crippen molar-refractivity contribution in [1.29, 1.82) is 0 Å². The summed E-state index contributed by atoms with van der Waals surface area (Å²) in [4.78, 5) is 15.2. The van der Waals surface area contributed by atoms with Crippen LogP contribution >= 0.6 is 0 Å². The standard InChI is InChI=1S/C22H22F3N7O/c1-15-11-20(32-7-9-33-10-8-32)30-21(28-15)31-27-14-18-5-6-19(13-26-18)29-17-4-2-3-16(12-17)22(23,24)25/h2-6,11-13,29H,7-10,14H2,1H3. The lowest BCUT2D eigenvalue weighted by atomic mass is 10.2. The molecule has 0 amide bonds. The number of morpholine rings is 1. The normalized spacial score (nSPS) is 14.6. The number of hydrogen-bond acceptors (Lipinski definition) is 8. The summed E-state index contributed by atoms with van der Waals surface area (Å²) in [6.45, 7) is 4.93. The van der Waals surface area contributed by atoms with E-state index in [-0.39, 0.29) is 12.5 Å². The van der Waals surface area contributed by atoms with Crippen LogP contribution in [0.25, 0.3) is 0 Å². The van der Waals surface area contributed by atoms with Crippen LogP contribution in [0.5, 0.6) is 0 Å². The summed E-state index contributed by atoms with van der Waals surface area (Å²) < 4.78 is 44.0. The van der Waals surface area contributed by atoms with Crippen molar-refractivity contribution in [3.05, 3.63) is 65.6 Å². The predicted molar refractivity (Wildman–Crippen MR) is 117 cm³/mol. The first kappa shape index (κ1) is 22.6. The molecule has 8 nitrogen and oxygen atoms in total. The molecule has 2 aromatic heterocycles. The molecule has 33 heavy (non-hydrogen) atoms. The van der Waals surface area contributed by atoms with Gasteiger partial charge in [-0.1, -0.05) is 6.07 Å². The van der Waals surface area contributed by atoms with Crippen LogP contribution in [-0.4, -0.2) is 41.3 Å². The Labute approximate surface area is 188 Å². The van der Waals surface area contributed by atoms with E-state index in [0.29, 0.717) is 30.3 Å². The number of hydrogen-bond donors (Lipinski definition) is 1. The van der Waals surface area contributed by atoms with E-state index >= 15 is 0 Å². The Balaban J connectivity index is 1.37. The first-order chi connectivity index (χ1) is 15.9. The van der Waals surface area contributed by atoms with Crippen molar-refractivity contribution < 1.29 is 17.9 Å². The Hall–Kier alpha value is -3.60. The van der Waals surface area contributed by atoms with Crippen molar-refractivity contribution in [3.63, 3.8) is 0 Å². The Morgan fingerprint density at radius 2 is 1.88 bits per heavy atom. The highest BCUT2D eigenvalue weighted by molar-refractivity contribution is 5.59. The average Bonchev–Trinajstić information content (AvgIpc) is 2.80. The maximum absolute atomic E-state index is 12.9. The van der Waals surface area contributed by atoms with E-state index in [1.54, 1.807) is 18.2 Å². The number of benzene rings is 1. The second-order valence-corrected chi connectivity index (χ2v) is 7.41. The number of aromatic nitrogens is 3. The lowest BCUT2D eigenvalue weighted by Gasteiger charge is -2.27. The molecular weight excluding hydrogens is 435 g/mol. The molecule has 11 heteroatoms. The average molecular weight is 457 g/mol. The number of nitrogens with one attached hydrogen (secondary N) is 1. The maximum atomic E-state index is 12.9. The fourth-order valence-electron chi connectivity index (χ4n) is 3.24. The van der Waals surface area contributed by atoms with Gasteiger partial charge in [0.2, 0.25) is 0 Å². The molecular formula is C22H22F3N7O. The predicted octanol–water partition coefficient (Wildman–Crippen LogP) is 5.06. The quantitative estimate of drug-likeness (QED) is 0.521. The minimum absolute atomic E-state index is 0.216. The van der Waals surface area contributed by atoms with Gasteiger partial charge >= 0.3 is 6.18 Å². The van der Waals surface area contributed by atoms with Crippen molar-refractivity contribution in [2.24, 2.45) is 10.2 Å². The van der Waals surface area contributed by atoms with Gasteiger partial charge in [0.05, 0.1) is 36.4 Å². The highest BCUT2D eigenvalue weighted by atomic mass is 19.4. The van der Waals surface area contributed by atoms with Gasteiger partial charge in [0.1, 0.15) is 12.4 Å². The number of alkyl halides is 3. The maximum Gasteiger partial charge on any atom is 0.416 e. The topological polar surface area (TPSA) is 87.9 Å². The molecule has 3 heterocycles. The molecule has 3 aromatic rings. The zero-order valence-electron chi connectivity index (χ0n) is 17.9. The molecule has 0 unspecified atom stereocenters. The minimum atomic E-state index is -4.39. The number of anilines is 3. The smallest absolute Gasteiger partial charge is 0.378 e. The summed E-state index contributed by atoms with van der Waals surface area (Å²) in [5.41, 5.74) is 1.62. The molecule has 172 valence electrons. The van der Waals surface area contributed by atoms with Gasteiger partial charge in [-0.05, 0) is 37.3 Å². The van der Waals surface area contributed by atoms with Crippen molar-refractivity contribution in [2.45, 2.75) is 19.6 Å². The SMILES string of the molecule is Cc1cc(N2CCOCC2)nc(N=NCc2ccc(Nc3cccc(C(F)(F)F)c3)cn2)n1. The third kappa shape index (κ3) is 6.22. The summed E-state index contributed by atoms with van der Waals surface area (Å²) in [7, 11) is 0. The number of halogens is 3. The van der Waals surface area contributed by atoms with Gasteiger partial charge in [-0.25, -0.2) is 4.98 Å². The van der Waals surface area contributed by atoms with Crippen LogP contribution < -0.4 is 10.2 Å². The van der Waals surface area contributed by atoms with E-state index in [9.17, 15) is 13.2 Å². The Bertz CT molecular complexity index is 1110. The third-order valence-corrected chi connectivity index (χ3v) is 4.86. The van der Waals surface area contributed by atoms with Crippen LogP contribution in [0.3, 0.4) is 0 Å². The van der Waals surface area contributed by atoms with Gasteiger partial charge in [0, 0.05) is 30.5 Å². The Kier molecular flexibility index (Phi) is 6.78. The molecule has 1 N–H and O–H groups in total. The molecule has 0 saturated carbocycles. The van der Waals surface area contributed by atoms with Gasteiger partial charge in [-0.15, -0.1) is 5.11 Å². The summed E-state index contributed by atoms with van der Waals surface area (Å²) in [5, 5.41) is 11.2. The minimum Gasteiger partial charge on any atom is -0.378 e. The second kappa shape index (κ2) is 9.90. The van der Waals surface area contributed by atoms with Crippen LogP contribution in [0, 0.1) is 6.92 Å². The van der Waals surface area contributed by atoms with Crippen molar-refractivity contribution in [1.82, 2.24) is 15.0 Å². The highest BCUT2D eigenvalue weighted by Gasteiger charge is 2.30. The molecule has 1 saturated heterocycles. The monoisotopic (exact) mass is 457 g/mol. The van der Waals surface area contributed by atoms with E-state index in [4.69, 9.17) is 4.74 Å². The third-order valence-electron chi connectivity index (χ3n) is 4.86. The Morgan fingerprint density at radius 3 is 2.61 bits per heavy atom. The van der Waals surface area contributed by atoms with Gasteiger partial charge in [0.25, 0.3) is 5.95 Å². The molecule has 1 fully saturated rings. The number of pyridine rings is 1. The van der Waals surface area contributed by atoms with Crippen LogP contribution in [0.4, 0.5) is 36.3 Å². The van der Waals surface area contributed by atoms with Crippen molar-refractivity contribution in [2.75, 3.05) is 36.5 Å². The molecule has 0 aliphatic carbocycles. The molecule has 1 aliphatic heterocycles. The number of nitrogens with zero attached hydrogens (tertiary/aromatic N) is 6. The number of ether oxygens (including phenoxy) is 1. The van der Waals surface area contributed by atoms with Gasteiger partial charge in [-0.2, -0.15) is 23.3 Å². The fraction of sp³-hybridized carbons (Fsp3) is 0.318. The first-order valence-corrected chi connectivity index (χ1v) is 10.3. The largest absolute Gasteiger partial charge is 0.416 e. The first-order valence-electron chi connectivity index (χ1n) is 10.3. The van der Waals surface area contributed by atoms with E-state index < -0.39 is 11.7 Å². The lowest BCUT2D eigenvalue weighted by molar-refractivity contribution is -0.137. The van der Waals surface area contributed by atoms with E-state index in [1.807, 2.05) is 13.0 Å². The van der Waals surface area contributed by atoms with Crippen molar-refractivity contribution in [3.8, 4) is 0 Å². The highest BCUT2D eigenvalue weighted by Crippen LogP contribution is 2.31. The van der Waals surface area contributed by atoms with E-state index in [1.165, 1.54) is 12.3 Å². The number of azo groups is 1. The van der Waals surface area contributed by atoms with E-state index in [2.05, 4.69) is 35.4 Å². The molecule has 1 aromatic carbocycles. The van der Waals surface area contributed by atoms with Gasteiger partial charge in [-0.3, -0.25) is 4.98 Å². The van der Waals surface area contributed by atoms with Crippen LogP contribution in [0.2, 0.25) is 0 Å². The second-order valence-electron chi connectivity index (χ2n) is 7.41. The summed E-state index contributed by atoms with van der Waals surface area (Å²) in [5.74, 6) is 1.07. The Morgan fingerprint density at radius 1 is 1.06 bits per heavy atom. The summed E-state index contributed by atoms with van der Waals surface area (Å²) in [6.07, 6.45) is -2.86. The van der Waals surface area contributed by atoms with Crippen LogP contribution in [0.1, 0.15) is 17.0 Å². The number of aryl methyl sites for hydroxylation is 1. The molecule has 0 bridgehead atoms. The molecule has 4 rings (SSSR count). The lowest BCUT2D eigenvalue weighted by Crippen LogP contribution is -2.36. The van der Waals surface area contributed by atoms with Crippen molar-refractivity contribution >= 4 is 23.1 Å². The molecule has 0 radical (unpaired) electrons. The molecule has 1 aliphatic rings. The fourth-order valence-corrected chi connectivity index (χ4v) is 3.24. The zero-order valence-corrected chi connectivity index (χ0v) is 17.9. The molecule has 0 atom stereocenters. The molecule has 0 spiro atoms. The zero-order chi connectivity index (χ0) is 23.3. The summed E-state index contributed by atoms with van der Waals surface area (Å²) >= 11 is 0. The van der Waals surface area contributed by atoms with Gasteiger partial charge < -0.3 is 15.0 Å². The number of rotatable bonds is 6. The van der Waals surface area contributed by atoms with Crippen LogP contribution in [0.15, 0.2) is 58.9 Å². The van der Waals surface area contributed by atoms with Gasteiger partial charge in [0.15, 0.2) is 0 Å². The van der Waals surface area contributed by atoms with E-state index in [0.717, 1.165) is 36.7 Å².